The second kappa shape index (κ2) is 5.10. The minimum absolute atomic E-state index is 0.0324. The average molecular weight is 315 g/mol. The zero-order valence-electron chi connectivity index (χ0n) is 11.6. The molecule has 0 atom stereocenters. The number of benzene rings is 1. The van der Waals surface area contributed by atoms with Crippen molar-refractivity contribution in [3.8, 4) is 5.75 Å². The van der Waals surface area contributed by atoms with E-state index in [1.807, 2.05) is 5.38 Å². The zero-order chi connectivity index (χ0) is 15.1. The molecule has 0 saturated heterocycles. The molecule has 22 heavy (non-hydrogen) atoms. The molecular weight excluding hydrogens is 302 g/mol. The Balaban J connectivity index is 1.50. The molecule has 2 aliphatic rings. The van der Waals surface area contributed by atoms with Gasteiger partial charge in [-0.05, 0) is 31.0 Å². The van der Waals surface area contributed by atoms with E-state index >= 15 is 0 Å². The van der Waals surface area contributed by atoms with Crippen molar-refractivity contribution in [3.05, 3.63) is 34.8 Å². The monoisotopic (exact) mass is 315 g/mol. The number of anilines is 2. The number of aromatic nitrogens is 1. The maximum absolute atomic E-state index is 12.3. The number of fused-ring (bicyclic) bond motifs is 1. The van der Waals surface area contributed by atoms with E-state index in [0.717, 1.165) is 5.69 Å². The smallest absolute Gasteiger partial charge is 0.262 e. The first-order valence-corrected chi connectivity index (χ1v) is 7.90. The molecule has 2 aromatic rings. The lowest BCUT2D eigenvalue weighted by molar-refractivity contribution is -0.118. The van der Waals surface area contributed by atoms with Crippen molar-refractivity contribution in [3.63, 3.8) is 0 Å². The third kappa shape index (κ3) is 2.55. The molecule has 1 aromatic heterocycles. The van der Waals surface area contributed by atoms with Crippen molar-refractivity contribution in [1.29, 1.82) is 0 Å². The van der Waals surface area contributed by atoms with E-state index in [0.29, 0.717) is 28.0 Å². The van der Waals surface area contributed by atoms with Crippen molar-refractivity contribution in [2.75, 3.05) is 17.2 Å². The van der Waals surface area contributed by atoms with Gasteiger partial charge in [0.25, 0.3) is 11.8 Å². The van der Waals surface area contributed by atoms with E-state index in [9.17, 15) is 9.59 Å². The van der Waals surface area contributed by atoms with Crippen molar-refractivity contribution in [2.45, 2.75) is 18.8 Å². The van der Waals surface area contributed by atoms with Crippen LogP contribution in [-0.4, -0.2) is 23.4 Å². The molecule has 2 amide bonds. The van der Waals surface area contributed by atoms with Gasteiger partial charge in [0.15, 0.2) is 11.7 Å². The number of hydrogen-bond acceptors (Lipinski definition) is 5. The highest BCUT2D eigenvalue weighted by atomic mass is 32.1. The van der Waals surface area contributed by atoms with Gasteiger partial charge < -0.3 is 10.1 Å². The summed E-state index contributed by atoms with van der Waals surface area (Å²) in [5.74, 6) is 0.646. The van der Waals surface area contributed by atoms with Crippen LogP contribution in [0.5, 0.6) is 5.75 Å². The van der Waals surface area contributed by atoms with E-state index in [2.05, 4.69) is 15.6 Å². The number of carbonyl (C=O) groups is 2. The first kappa shape index (κ1) is 13.3. The Morgan fingerprint density at radius 2 is 2.27 bits per heavy atom. The summed E-state index contributed by atoms with van der Waals surface area (Å²) in [4.78, 5) is 27.9. The largest absolute Gasteiger partial charge is 0.482 e. The quantitative estimate of drug-likeness (QED) is 0.912. The summed E-state index contributed by atoms with van der Waals surface area (Å²) in [7, 11) is 0. The average Bonchev–Trinajstić information content (AvgIpc) is 3.27. The second-order valence-electron chi connectivity index (χ2n) is 5.35. The normalized spacial score (nSPS) is 16.5. The molecule has 1 aliphatic carbocycles. The van der Waals surface area contributed by atoms with Crippen LogP contribution in [-0.2, 0) is 4.79 Å². The number of amides is 2. The molecule has 1 saturated carbocycles. The van der Waals surface area contributed by atoms with Crippen molar-refractivity contribution in [1.82, 2.24) is 4.98 Å². The van der Waals surface area contributed by atoms with Gasteiger partial charge in [-0.1, -0.05) is 0 Å². The van der Waals surface area contributed by atoms with Crippen molar-refractivity contribution in [2.24, 2.45) is 0 Å². The summed E-state index contributed by atoms with van der Waals surface area (Å²) in [6, 6.07) is 4.94. The van der Waals surface area contributed by atoms with E-state index in [1.165, 1.54) is 24.2 Å². The molecule has 1 fully saturated rings. The fourth-order valence-corrected chi connectivity index (χ4v) is 3.08. The summed E-state index contributed by atoms with van der Waals surface area (Å²) >= 11 is 1.44. The lowest BCUT2D eigenvalue weighted by atomic mass is 10.1. The van der Waals surface area contributed by atoms with Gasteiger partial charge in [-0.15, -0.1) is 11.3 Å². The molecule has 0 radical (unpaired) electrons. The summed E-state index contributed by atoms with van der Waals surface area (Å²) in [6.45, 7) is -0.0324. The van der Waals surface area contributed by atoms with E-state index in [-0.39, 0.29) is 18.4 Å². The van der Waals surface area contributed by atoms with Crippen LogP contribution in [0.4, 0.5) is 10.8 Å². The molecule has 1 aliphatic heterocycles. The van der Waals surface area contributed by atoms with E-state index in [1.54, 1.807) is 18.2 Å². The maximum Gasteiger partial charge on any atom is 0.262 e. The first-order chi connectivity index (χ1) is 10.7. The Bertz CT molecular complexity index is 767. The summed E-state index contributed by atoms with van der Waals surface area (Å²) < 4.78 is 5.32. The molecule has 1 aromatic carbocycles. The second-order valence-corrected chi connectivity index (χ2v) is 6.21. The number of ether oxygens (including phenoxy) is 1. The van der Waals surface area contributed by atoms with Crippen LogP contribution < -0.4 is 15.4 Å². The Labute approximate surface area is 130 Å². The fourth-order valence-electron chi connectivity index (χ4n) is 2.30. The number of rotatable bonds is 3. The number of nitrogens with one attached hydrogen (secondary N) is 2. The molecule has 7 heteroatoms. The van der Waals surface area contributed by atoms with Crippen molar-refractivity contribution < 1.29 is 14.3 Å². The maximum atomic E-state index is 12.3. The summed E-state index contributed by atoms with van der Waals surface area (Å²) in [5, 5.41) is 8.10. The van der Waals surface area contributed by atoms with Gasteiger partial charge in [0.05, 0.1) is 11.4 Å². The van der Waals surface area contributed by atoms with Gasteiger partial charge in [-0.3, -0.25) is 14.9 Å². The summed E-state index contributed by atoms with van der Waals surface area (Å²) in [6.07, 6.45) is 2.37. The van der Waals surface area contributed by atoms with Gasteiger partial charge in [-0.2, -0.15) is 0 Å². The Hall–Kier alpha value is -2.41. The van der Waals surface area contributed by atoms with Gasteiger partial charge in [0.2, 0.25) is 0 Å². The number of nitrogens with zero attached hydrogens (tertiary/aromatic N) is 1. The van der Waals surface area contributed by atoms with Gasteiger partial charge in [0.1, 0.15) is 5.75 Å². The van der Waals surface area contributed by atoms with Crippen LogP contribution in [0.1, 0.15) is 34.8 Å². The molecule has 0 bridgehead atoms. The molecule has 0 spiro atoms. The lowest BCUT2D eigenvalue weighted by Gasteiger charge is -2.18. The first-order valence-electron chi connectivity index (χ1n) is 7.02. The standard InChI is InChI=1S/C15H13N3O3S/c19-13-6-21-12-5-9(3-4-10(12)16-13)14(20)18-15-17-11(7-22-15)8-1-2-8/h3-5,7-8H,1-2,6H2,(H,16,19)(H,17,18,20). The Morgan fingerprint density at radius 3 is 3.09 bits per heavy atom. The molecule has 2 heterocycles. The van der Waals surface area contributed by atoms with Crippen LogP contribution in [0.25, 0.3) is 0 Å². The van der Waals surface area contributed by atoms with E-state index < -0.39 is 0 Å². The van der Waals surface area contributed by atoms with Crippen LogP contribution in [0.3, 0.4) is 0 Å². The highest BCUT2D eigenvalue weighted by molar-refractivity contribution is 7.14. The topological polar surface area (TPSA) is 80.3 Å². The molecule has 2 N–H and O–H groups in total. The molecule has 0 unspecified atom stereocenters. The number of carbonyl (C=O) groups excluding carboxylic acids is 2. The number of hydrogen-bond donors (Lipinski definition) is 2. The third-order valence-corrected chi connectivity index (χ3v) is 4.39. The minimum atomic E-state index is -0.236. The van der Waals surface area contributed by atoms with Crippen LogP contribution in [0, 0.1) is 0 Å². The predicted octanol–water partition coefficient (Wildman–Crippen LogP) is 2.60. The van der Waals surface area contributed by atoms with Crippen LogP contribution in [0.15, 0.2) is 23.6 Å². The van der Waals surface area contributed by atoms with Crippen LogP contribution >= 0.6 is 11.3 Å². The fraction of sp³-hybridized carbons (Fsp3) is 0.267. The van der Waals surface area contributed by atoms with Crippen molar-refractivity contribution >= 4 is 34.0 Å². The van der Waals surface area contributed by atoms with Gasteiger partial charge in [-0.25, -0.2) is 4.98 Å². The Kier molecular flexibility index (Phi) is 3.07. The van der Waals surface area contributed by atoms with Gasteiger partial charge >= 0.3 is 0 Å². The summed E-state index contributed by atoms with van der Waals surface area (Å²) in [5.41, 5.74) is 2.12. The predicted molar refractivity (Wildman–Crippen MR) is 82.6 cm³/mol. The molecule has 4 rings (SSSR count). The zero-order valence-corrected chi connectivity index (χ0v) is 12.4. The minimum Gasteiger partial charge on any atom is -0.482 e. The highest BCUT2D eigenvalue weighted by Gasteiger charge is 2.26. The molecular formula is C15H13N3O3S. The lowest BCUT2D eigenvalue weighted by Crippen LogP contribution is -2.25. The van der Waals surface area contributed by atoms with E-state index in [4.69, 9.17) is 4.74 Å². The third-order valence-electron chi connectivity index (χ3n) is 3.61. The van der Waals surface area contributed by atoms with Gasteiger partial charge in [0, 0.05) is 16.9 Å². The Morgan fingerprint density at radius 1 is 1.41 bits per heavy atom. The highest BCUT2D eigenvalue weighted by Crippen LogP contribution is 2.41. The molecule has 6 nitrogen and oxygen atoms in total. The SMILES string of the molecule is O=C1COc2cc(C(=O)Nc3nc(C4CC4)cs3)ccc2N1. The molecule has 112 valence electrons. The van der Waals surface area contributed by atoms with Crippen LogP contribution in [0.2, 0.25) is 0 Å². The number of thiazole rings is 1.